The van der Waals surface area contributed by atoms with E-state index in [2.05, 4.69) is 10.5 Å². The molecular formula is C23H23N3O5. The number of esters is 1. The number of aryl methyl sites for hydroxylation is 1. The Morgan fingerprint density at radius 2 is 1.81 bits per heavy atom. The molecule has 0 bridgehead atoms. The number of phenols is 1. The monoisotopic (exact) mass is 421 g/mol. The second-order valence-electron chi connectivity index (χ2n) is 6.75. The zero-order chi connectivity index (χ0) is 22.5. The van der Waals surface area contributed by atoms with Crippen LogP contribution in [0.2, 0.25) is 0 Å². The molecule has 2 aromatic carbocycles. The van der Waals surface area contributed by atoms with Gasteiger partial charge >= 0.3 is 5.97 Å². The maximum absolute atomic E-state index is 12.3. The number of rotatable bonds is 6. The number of hydrazone groups is 1. The number of nitrogens with one attached hydrogen (secondary N) is 1. The summed E-state index contributed by atoms with van der Waals surface area (Å²) in [7, 11) is 2.81. The van der Waals surface area contributed by atoms with Gasteiger partial charge in [0.05, 0.1) is 37.2 Å². The number of methoxy groups -OCH3 is 2. The van der Waals surface area contributed by atoms with Gasteiger partial charge in [-0.15, -0.1) is 0 Å². The highest BCUT2D eigenvalue weighted by atomic mass is 16.5. The van der Waals surface area contributed by atoms with Crippen molar-refractivity contribution in [2.45, 2.75) is 13.8 Å². The molecule has 0 aliphatic rings. The van der Waals surface area contributed by atoms with Crippen molar-refractivity contribution in [3.05, 3.63) is 76.6 Å². The number of hydrogen-bond donors (Lipinski definition) is 2. The lowest BCUT2D eigenvalue weighted by Crippen LogP contribution is -2.17. The SMILES string of the molecule is COC(=O)c1ccccc1-n1c(C)cc(/C=N\NC(=O)c2ccc(OC)cc2O)c1C. The van der Waals surface area contributed by atoms with Crippen LogP contribution in [0.25, 0.3) is 5.69 Å². The first-order valence-corrected chi connectivity index (χ1v) is 9.44. The first-order valence-electron chi connectivity index (χ1n) is 9.44. The fraction of sp³-hybridized carbons (Fsp3) is 0.174. The van der Waals surface area contributed by atoms with Crippen molar-refractivity contribution in [3.63, 3.8) is 0 Å². The smallest absolute Gasteiger partial charge is 0.339 e. The standard InChI is InChI=1S/C23H23N3O5/c1-14-11-16(13-24-25-22(28)19-10-9-17(30-3)12-21(19)27)15(2)26(14)20-8-6-5-7-18(20)23(29)31-4/h5-13,27H,1-4H3,(H,25,28)/b24-13-. The van der Waals surface area contributed by atoms with Gasteiger partial charge in [-0.1, -0.05) is 12.1 Å². The Morgan fingerprint density at radius 3 is 2.48 bits per heavy atom. The number of para-hydroxylation sites is 1. The van der Waals surface area contributed by atoms with Crippen molar-refractivity contribution in [1.82, 2.24) is 9.99 Å². The lowest BCUT2D eigenvalue weighted by Gasteiger charge is -2.13. The zero-order valence-corrected chi connectivity index (χ0v) is 17.7. The van der Waals surface area contributed by atoms with Gasteiger partial charge in [0.15, 0.2) is 0 Å². The van der Waals surface area contributed by atoms with Crippen LogP contribution in [0, 0.1) is 13.8 Å². The maximum Gasteiger partial charge on any atom is 0.339 e. The van der Waals surface area contributed by atoms with E-state index in [9.17, 15) is 14.7 Å². The van der Waals surface area contributed by atoms with Gasteiger partial charge in [0.25, 0.3) is 5.91 Å². The van der Waals surface area contributed by atoms with E-state index in [-0.39, 0.29) is 11.3 Å². The van der Waals surface area contributed by atoms with E-state index in [1.54, 1.807) is 18.2 Å². The molecule has 8 nitrogen and oxygen atoms in total. The molecule has 1 amide bonds. The molecule has 31 heavy (non-hydrogen) atoms. The predicted octanol–water partition coefficient (Wildman–Crippen LogP) is 3.36. The molecule has 0 fully saturated rings. The molecule has 0 spiro atoms. The van der Waals surface area contributed by atoms with Gasteiger partial charge in [-0.25, -0.2) is 10.2 Å². The summed E-state index contributed by atoms with van der Waals surface area (Å²) in [5.74, 6) is -0.743. The summed E-state index contributed by atoms with van der Waals surface area (Å²) in [6.07, 6.45) is 1.51. The first-order chi connectivity index (χ1) is 14.9. The average Bonchev–Trinajstić information content (AvgIpc) is 3.05. The fourth-order valence-electron chi connectivity index (χ4n) is 3.29. The summed E-state index contributed by atoms with van der Waals surface area (Å²) in [6.45, 7) is 3.80. The second kappa shape index (κ2) is 9.17. The molecule has 0 aliphatic heterocycles. The number of nitrogens with zero attached hydrogens (tertiary/aromatic N) is 2. The van der Waals surface area contributed by atoms with E-state index >= 15 is 0 Å². The number of carbonyl (C=O) groups excluding carboxylic acids is 2. The van der Waals surface area contributed by atoms with E-state index in [0.717, 1.165) is 17.0 Å². The third-order valence-electron chi connectivity index (χ3n) is 4.84. The second-order valence-corrected chi connectivity index (χ2v) is 6.75. The summed E-state index contributed by atoms with van der Waals surface area (Å²) in [6, 6.07) is 13.4. The van der Waals surface area contributed by atoms with Gasteiger partial charge in [-0.05, 0) is 44.2 Å². The highest BCUT2D eigenvalue weighted by molar-refractivity contribution is 5.97. The van der Waals surface area contributed by atoms with Crippen LogP contribution in [0.4, 0.5) is 0 Å². The highest BCUT2D eigenvalue weighted by Crippen LogP contribution is 2.24. The molecule has 8 heteroatoms. The quantitative estimate of drug-likeness (QED) is 0.361. The number of ether oxygens (including phenoxy) is 2. The van der Waals surface area contributed by atoms with Crippen molar-refractivity contribution >= 4 is 18.1 Å². The minimum Gasteiger partial charge on any atom is -0.507 e. The summed E-state index contributed by atoms with van der Waals surface area (Å²) in [5, 5.41) is 14.0. The maximum atomic E-state index is 12.3. The van der Waals surface area contributed by atoms with Crippen LogP contribution >= 0.6 is 0 Å². The number of amides is 1. The van der Waals surface area contributed by atoms with Gasteiger partial charge in [0.1, 0.15) is 11.5 Å². The minimum atomic E-state index is -0.554. The third kappa shape index (κ3) is 4.42. The normalized spacial score (nSPS) is 10.8. The lowest BCUT2D eigenvalue weighted by molar-refractivity contribution is 0.0600. The van der Waals surface area contributed by atoms with Gasteiger partial charge in [0, 0.05) is 23.0 Å². The van der Waals surface area contributed by atoms with E-state index in [4.69, 9.17) is 9.47 Å². The third-order valence-corrected chi connectivity index (χ3v) is 4.84. The number of carbonyl (C=O) groups is 2. The van der Waals surface area contributed by atoms with Gasteiger partial charge in [-0.2, -0.15) is 5.10 Å². The van der Waals surface area contributed by atoms with Crippen LogP contribution in [-0.2, 0) is 4.74 Å². The number of phenolic OH excluding ortho intramolecular Hbond substituents is 1. The van der Waals surface area contributed by atoms with E-state index in [1.807, 2.05) is 36.6 Å². The molecule has 0 atom stereocenters. The molecular weight excluding hydrogens is 398 g/mol. The Balaban J connectivity index is 1.84. The van der Waals surface area contributed by atoms with Crippen molar-refractivity contribution < 1.29 is 24.2 Å². The highest BCUT2D eigenvalue weighted by Gasteiger charge is 2.17. The Hall–Kier alpha value is -4.07. The van der Waals surface area contributed by atoms with Crippen LogP contribution < -0.4 is 10.2 Å². The zero-order valence-electron chi connectivity index (χ0n) is 17.7. The Kier molecular flexibility index (Phi) is 6.40. The van der Waals surface area contributed by atoms with Crippen LogP contribution in [0.5, 0.6) is 11.5 Å². The summed E-state index contributed by atoms with van der Waals surface area (Å²) in [5.41, 5.74) is 6.10. The Bertz CT molecular complexity index is 1160. The molecule has 1 heterocycles. The topological polar surface area (TPSA) is 102 Å². The van der Waals surface area contributed by atoms with E-state index in [0.29, 0.717) is 17.0 Å². The Morgan fingerprint density at radius 1 is 1.06 bits per heavy atom. The van der Waals surface area contributed by atoms with E-state index < -0.39 is 11.9 Å². The molecule has 0 radical (unpaired) electrons. The minimum absolute atomic E-state index is 0.0791. The lowest BCUT2D eigenvalue weighted by atomic mass is 10.1. The molecule has 0 aliphatic carbocycles. The van der Waals surface area contributed by atoms with Crippen molar-refractivity contribution in [1.29, 1.82) is 0 Å². The fourth-order valence-corrected chi connectivity index (χ4v) is 3.29. The van der Waals surface area contributed by atoms with Crippen molar-refractivity contribution in [3.8, 4) is 17.2 Å². The molecule has 160 valence electrons. The number of hydrogen-bond acceptors (Lipinski definition) is 6. The largest absolute Gasteiger partial charge is 0.507 e. The average molecular weight is 421 g/mol. The number of benzene rings is 2. The van der Waals surface area contributed by atoms with Crippen molar-refractivity contribution in [2.24, 2.45) is 5.10 Å². The van der Waals surface area contributed by atoms with Crippen LogP contribution in [-0.4, -0.2) is 42.0 Å². The van der Waals surface area contributed by atoms with Gasteiger partial charge in [-0.3, -0.25) is 4.79 Å². The molecule has 3 rings (SSSR count). The number of aromatic hydroxyl groups is 1. The van der Waals surface area contributed by atoms with Crippen LogP contribution in [0.15, 0.2) is 53.6 Å². The Labute approximate surface area is 179 Å². The summed E-state index contributed by atoms with van der Waals surface area (Å²) in [4.78, 5) is 24.5. The van der Waals surface area contributed by atoms with Gasteiger partial charge < -0.3 is 19.1 Å². The number of aromatic nitrogens is 1. The predicted molar refractivity (Wildman–Crippen MR) is 116 cm³/mol. The molecule has 0 saturated carbocycles. The van der Waals surface area contributed by atoms with Crippen LogP contribution in [0.1, 0.15) is 37.7 Å². The molecule has 3 aromatic rings. The van der Waals surface area contributed by atoms with E-state index in [1.165, 1.54) is 32.6 Å². The first kappa shape index (κ1) is 21.6. The molecule has 1 aromatic heterocycles. The van der Waals surface area contributed by atoms with Gasteiger partial charge in [0.2, 0.25) is 0 Å². The van der Waals surface area contributed by atoms with Crippen molar-refractivity contribution in [2.75, 3.05) is 14.2 Å². The van der Waals surface area contributed by atoms with Crippen LogP contribution in [0.3, 0.4) is 0 Å². The molecule has 0 saturated heterocycles. The molecule has 2 N–H and O–H groups in total. The summed E-state index contributed by atoms with van der Waals surface area (Å²) >= 11 is 0. The molecule has 0 unspecified atom stereocenters. The summed E-state index contributed by atoms with van der Waals surface area (Å²) < 4.78 is 11.8.